The first-order chi connectivity index (χ1) is 18.5. The van der Waals surface area contributed by atoms with Crippen LogP contribution in [0.1, 0.15) is 37.8 Å². The van der Waals surface area contributed by atoms with Gasteiger partial charge in [-0.05, 0) is 44.0 Å². The van der Waals surface area contributed by atoms with Crippen molar-refractivity contribution in [2.24, 2.45) is 0 Å². The van der Waals surface area contributed by atoms with E-state index in [1.165, 1.54) is 4.90 Å². The molecule has 3 N–H and O–H groups in total. The molecule has 0 spiro atoms. The number of para-hydroxylation sites is 1. The first-order valence-electron chi connectivity index (χ1n) is 12.6. The maximum absolute atomic E-state index is 11.2. The van der Waals surface area contributed by atoms with E-state index in [9.17, 15) is 25.3 Å². The van der Waals surface area contributed by atoms with Crippen LogP contribution in [0, 0.1) is 0 Å². The number of benzene rings is 2. The van der Waals surface area contributed by atoms with Gasteiger partial charge in [-0.3, -0.25) is 13.7 Å². The third-order valence-electron chi connectivity index (χ3n) is 6.76. The standard InChI is InChI=1S/C26H34N2O9S3/c1-26(2)23-7-3-4-8-24(23)28(15-5-6-18-38(29,30)31)25(26)14-11-21-9-12-22(13-10-21)27(16-19-39(32,33)34)17-20-40(35,36)37/h3-4,7-14H,5-6,15-20H2,1-2H3,(H2-,29,30,31,32,33,34,35,36,37)/p+1. The van der Waals surface area contributed by atoms with Gasteiger partial charge in [-0.15, -0.1) is 0 Å². The molecule has 220 valence electrons. The summed E-state index contributed by atoms with van der Waals surface area (Å²) in [6.07, 6.45) is 4.78. The average Bonchev–Trinajstić information content (AvgIpc) is 3.05. The van der Waals surface area contributed by atoms with E-state index >= 15 is 0 Å². The number of fused-ring (bicyclic) bond motifs is 1. The van der Waals surface area contributed by atoms with E-state index in [0.29, 0.717) is 25.1 Å². The summed E-state index contributed by atoms with van der Waals surface area (Å²) in [6, 6.07) is 14.9. The second-order valence-corrected chi connectivity index (χ2v) is 14.9. The van der Waals surface area contributed by atoms with E-state index in [2.05, 4.69) is 24.5 Å². The van der Waals surface area contributed by atoms with Gasteiger partial charge in [0.25, 0.3) is 30.4 Å². The van der Waals surface area contributed by atoms with E-state index in [0.717, 1.165) is 22.5 Å². The summed E-state index contributed by atoms with van der Waals surface area (Å²) < 4.78 is 96.6. The van der Waals surface area contributed by atoms with Crippen LogP contribution >= 0.6 is 0 Å². The van der Waals surface area contributed by atoms with Crippen LogP contribution in [-0.2, 0) is 35.8 Å². The highest BCUT2D eigenvalue weighted by Crippen LogP contribution is 2.40. The van der Waals surface area contributed by atoms with Crippen molar-refractivity contribution in [1.29, 1.82) is 0 Å². The molecule has 1 aliphatic heterocycles. The predicted octanol–water partition coefficient (Wildman–Crippen LogP) is 3.03. The molecule has 1 heterocycles. The molecule has 1 aliphatic rings. The minimum atomic E-state index is -4.28. The largest absolute Gasteiger partial charge is 0.369 e. The third kappa shape index (κ3) is 9.21. The zero-order chi connectivity index (χ0) is 29.8. The van der Waals surface area contributed by atoms with Gasteiger partial charge in [0.1, 0.15) is 6.54 Å². The minimum absolute atomic E-state index is 0.166. The van der Waals surface area contributed by atoms with Gasteiger partial charge in [0.15, 0.2) is 5.71 Å². The molecular weight excluding hydrogens is 580 g/mol. The molecule has 40 heavy (non-hydrogen) atoms. The highest BCUT2D eigenvalue weighted by Gasteiger charge is 2.43. The molecule has 2 aromatic rings. The number of hydrogen-bond acceptors (Lipinski definition) is 7. The highest BCUT2D eigenvalue weighted by atomic mass is 32.2. The first-order valence-corrected chi connectivity index (χ1v) is 17.4. The molecule has 3 rings (SSSR count). The molecule has 0 radical (unpaired) electrons. The van der Waals surface area contributed by atoms with Crippen LogP contribution in [0.15, 0.2) is 54.6 Å². The quantitative estimate of drug-likeness (QED) is 0.163. The molecule has 0 amide bonds. The summed E-state index contributed by atoms with van der Waals surface area (Å²) in [5, 5.41) is 0. The number of unbranched alkanes of at least 4 members (excludes halogenated alkanes) is 1. The summed E-state index contributed by atoms with van der Waals surface area (Å²) in [4.78, 5) is 1.45. The second-order valence-electron chi connectivity index (χ2n) is 10.2. The van der Waals surface area contributed by atoms with E-state index in [-0.39, 0.29) is 24.3 Å². The molecule has 2 aromatic carbocycles. The predicted molar refractivity (Wildman–Crippen MR) is 155 cm³/mol. The Balaban J connectivity index is 1.85. The van der Waals surface area contributed by atoms with Crippen LogP contribution < -0.4 is 4.90 Å². The molecule has 0 unspecified atom stereocenters. The van der Waals surface area contributed by atoms with Crippen LogP contribution in [-0.4, -0.2) is 86.1 Å². The zero-order valence-electron chi connectivity index (χ0n) is 22.3. The van der Waals surface area contributed by atoms with Crippen molar-refractivity contribution in [1.82, 2.24) is 0 Å². The summed E-state index contributed by atoms with van der Waals surface area (Å²) in [7, 11) is -12.6. The zero-order valence-corrected chi connectivity index (χ0v) is 24.8. The van der Waals surface area contributed by atoms with Crippen LogP contribution in [0.3, 0.4) is 0 Å². The molecule has 0 aliphatic carbocycles. The van der Waals surface area contributed by atoms with Crippen molar-refractivity contribution in [2.45, 2.75) is 32.1 Å². The van der Waals surface area contributed by atoms with Gasteiger partial charge in [0, 0.05) is 42.9 Å². The maximum atomic E-state index is 11.2. The van der Waals surface area contributed by atoms with Gasteiger partial charge in [-0.1, -0.05) is 30.3 Å². The van der Waals surface area contributed by atoms with E-state index in [1.54, 1.807) is 24.3 Å². The fourth-order valence-electron chi connectivity index (χ4n) is 4.73. The lowest BCUT2D eigenvalue weighted by Crippen LogP contribution is -2.33. The van der Waals surface area contributed by atoms with Gasteiger partial charge in [0.05, 0.1) is 22.7 Å². The van der Waals surface area contributed by atoms with Crippen molar-refractivity contribution in [2.75, 3.05) is 41.8 Å². The Bertz CT molecular complexity index is 1560. The number of allylic oxidation sites excluding steroid dienone is 1. The van der Waals surface area contributed by atoms with E-state index in [1.807, 2.05) is 30.4 Å². The fourth-order valence-corrected chi connectivity index (χ4v) is 6.20. The Hall–Kier alpha value is -2.62. The fraction of sp³-hybridized carbons (Fsp3) is 0.423. The number of rotatable bonds is 14. The average molecular weight is 616 g/mol. The Morgan fingerprint density at radius 2 is 1.30 bits per heavy atom. The minimum Gasteiger partial charge on any atom is -0.369 e. The van der Waals surface area contributed by atoms with Crippen molar-refractivity contribution in [3.8, 4) is 0 Å². The molecule has 14 heteroatoms. The Morgan fingerprint density at radius 1 is 0.750 bits per heavy atom. The summed E-state index contributed by atoms with van der Waals surface area (Å²) in [5.74, 6) is -1.50. The lowest BCUT2D eigenvalue weighted by Gasteiger charge is -2.24. The summed E-state index contributed by atoms with van der Waals surface area (Å²) >= 11 is 0. The van der Waals surface area contributed by atoms with Gasteiger partial charge < -0.3 is 4.90 Å². The monoisotopic (exact) mass is 615 g/mol. The van der Waals surface area contributed by atoms with E-state index < -0.39 is 41.9 Å². The molecule has 0 saturated heterocycles. The van der Waals surface area contributed by atoms with Gasteiger partial charge in [-0.2, -0.15) is 29.8 Å². The third-order valence-corrected chi connectivity index (χ3v) is 8.97. The molecule has 0 saturated carbocycles. The SMILES string of the molecule is CC1(C)C(/C=C/c2ccc(N(CCS(=O)(=O)O)CCS(=O)(=O)O)cc2)=[N+](CCCCS(=O)(=O)O)c2ccccc21. The van der Waals surface area contributed by atoms with Crippen molar-refractivity contribution in [3.63, 3.8) is 0 Å². The highest BCUT2D eigenvalue weighted by molar-refractivity contribution is 7.86. The molecule has 0 fully saturated rings. The first kappa shape index (κ1) is 31.9. The summed E-state index contributed by atoms with van der Waals surface area (Å²) in [6.45, 7) is 4.44. The normalized spacial score (nSPS) is 15.5. The van der Waals surface area contributed by atoms with Gasteiger partial charge >= 0.3 is 0 Å². The Kier molecular flexibility index (Phi) is 9.96. The smallest absolute Gasteiger partial charge is 0.266 e. The topological polar surface area (TPSA) is 169 Å². The van der Waals surface area contributed by atoms with E-state index in [4.69, 9.17) is 13.7 Å². The number of nitrogens with zero attached hydrogens (tertiary/aromatic N) is 2. The summed E-state index contributed by atoms with van der Waals surface area (Å²) in [5.41, 5.74) is 4.17. The van der Waals surface area contributed by atoms with Crippen LogP contribution in [0.25, 0.3) is 6.08 Å². The number of anilines is 1. The van der Waals surface area contributed by atoms with Crippen LogP contribution in [0.2, 0.25) is 0 Å². The van der Waals surface area contributed by atoms with Gasteiger partial charge in [-0.25, -0.2) is 0 Å². The second kappa shape index (κ2) is 12.5. The molecular formula is C26H35N2O9S3+. The van der Waals surface area contributed by atoms with Crippen molar-refractivity contribution in [3.05, 3.63) is 65.7 Å². The van der Waals surface area contributed by atoms with Crippen molar-refractivity contribution < 1.29 is 43.5 Å². The Morgan fingerprint density at radius 3 is 1.85 bits per heavy atom. The Labute approximate surface area is 236 Å². The van der Waals surface area contributed by atoms with Crippen LogP contribution in [0.5, 0.6) is 0 Å². The molecule has 0 bridgehead atoms. The van der Waals surface area contributed by atoms with Crippen LogP contribution in [0.4, 0.5) is 11.4 Å². The molecule has 0 atom stereocenters. The lowest BCUT2D eigenvalue weighted by molar-refractivity contribution is -0.438. The molecule has 0 aromatic heterocycles. The molecule has 11 nitrogen and oxygen atoms in total. The number of hydrogen-bond donors (Lipinski definition) is 3. The van der Waals surface area contributed by atoms with Gasteiger partial charge in [0.2, 0.25) is 5.69 Å². The van der Waals surface area contributed by atoms with Crippen molar-refractivity contribution >= 4 is 53.5 Å². The maximum Gasteiger partial charge on any atom is 0.266 e. The lowest BCUT2D eigenvalue weighted by atomic mass is 9.81.